The molecule has 1 aliphatic carbocycles. The van der Waals surface area contributed by atoms with Crippen molar-refractivity contribution < 1.29 is 5.11 Å². The summed E-state index contributed by atoms with van der Waals surface area (Å²) in [6.07, 6.45) is 0. The van der Waals surface area contributed by atoms with Gasteiger partial charge < -0.3 is 5.11 Å². The van der Waals surface area contributed by atoms with Gasteiger partial charge >= 0.3 is 0 Å². The van der Waals surface area contributed by atoms with Crippen molar-refractivity contribution in [3.05, 3.63) is 0 Å². The predicted octanol–water partition coefficient (Wildman–Crippen LogP) is 0.506. The highest BCUT2D eigenvalue weighted by molar-refractivity contribution is 14.1. The van der Waals surface area contributed by atoms with Crippen molar-refractivity contribution in [3.63, 3.8) is 0 Å². The molecule has 2 unspecified atom stereocenters. The van der Waals surface area contributed by atoms with Crippen LogP contribution in [0.1, 0.15) is 0 Å². The van der Waals surface area contributed by atoms with Gasteiger partial charge in [-0.25, -0.2) is 3.11 Å². The number of nitrogens with zero attached hydrogens (tertiary/aromatic N) is 1. The molecule has 2 fully saturated rings. The summed E-state index contributed by atoms with van der Waals surface area (Å²) in [4.78, 5) is 0. The van der Waals surface area contributed by atoms with Gasteiger partial charge in [-0.15, -0.1) is 0 Å². The fourth-order valence-electron chi connectivity index (χ4n) is 1.87. The maximum absolute atomic E-state index is 8.78. The van der Waals surface area contributed by atoms with E-state index in [0.717, 1.165) is 11.8 Å². The zero-order valence-electron chi connectivity index (χ0n) is 5.13. The average molecular weight is 239 g/mol. The second-order valence-corrected chi connectivity index (χ2v) is 4.37. The molecule has 0 aromatic carbocycles. The number of hydrogen-bond donors (Lipinski definition) is 1. The Labute approximate surface area is 68.7 Å². The Morgan fingerprint density at radius 1 is 1.44 bits per heavy atom. The number of piperidine rings is 1. The fraction of sp³-hybridized carbons (Fsp3) is 1.00. The maximum atomic E-state index is 8.78. The Balaban J connectivity index is 1.91. The number of rotatable bonds is 1. The third-order valence-electron chi connectivity index (χ3n) is 2.54. The number of hydrogen-bond acceptors (Lipinski definition) is 2. The van der Waals surface area contributed by atoms with Gasteiger partial charge in [-0.3, -0.25) is 0 Å². The van der Waals surface area contributed by atoms with E-state index in [1.807, 2.05) is 0 Å². The van der Waals surface area contributed by atoms with Crippen LogP contribution in [0.15, 0.2) is 0 Å². The molecule has 0 aromatic rings. The molecule has 0 spiro atoms. The summed E-state index contributed by atoms with van der Waals surface area (Å²) in [5, 5.41) is 8.78. The molecule has 1 aliphatic heterocycles. The van der Waals surface area contributed by atoms with Gasteiger partial charge in [0, 0.05) is 42.6 Å². The lowest BCUT2D eigenvalue weighted by molar-refractivity contribution is 0.252. The zero-order valence-corrected chi connectivity index (χ0v) is 7.28. The molecule has 0 bridgehead atoms. The lowest BCUT2D eigenvalue weighted by atomic mass is 10.3. The molecule has 9 heavy (non-hydrogen) atoms. The summed E-state index contributed by atoms with van der Waals surface area (Å²) >= 11 is 2.36. The van der Waals surface area contributed by atoms with Gasteiger partial charge in [-0.05, 0) is 17.8 Å². The molecule has 3 heteroatoms. The second kappa shape index (κ2) is 2.07. The first kappa shape index (κ1) is 6.37. The average Bonchev–Trinajstić information content (AvgIpc) is 2.30. The normalized spacial score (nSPS) is 49.3. The van der Waals surface area contributed by atoms with Gasteiger partial charge in [0.15, 0.2) is 0 Å². The number of aliphatic hydroxyl groups is 1. The highest BCUT2D eigenvalue weighted by atomic mass is 127. The van der Waals surface area contributed by atoms with Gasteiger partial charge in [-0.2, -0.15) is 0 Å². The van der Waals surface area contributed by atoms with E-state index in [1.165, 1.54) is 13.1 Å². The van der Waals surface area contributed by atoms with Crippen molar-refractivity contribution in [2.45, 2.75) is 0 Å². The monoisotopic (exact) mass is 239 g/mol. The minimum Gasteiger partial charge on any atom is -0.396 e. The summed E-state index contributed by atoms with van der Waals surface area (Å²) in [6, 6.07) is 0. The first-order valence-electron chi connectivity index (χ1n) is 3.34. The van der Waals surface area contributed by atoms with E-state index in [9.17, 15) is 0 Å². The minimum atomic E-state index is 0.416. The van der Waals surface area contributed by atoms with E-state index in [0.29, 0.717) is 12.5 Å². The third kappa shape index (κ3) is 0.897. The molecule has 0 radical (unpaired) electrons. The SMILES string of the molecule is OCC1C2CN(I)CC12. The van der Waals surface area contributed by atoms with Crippen LogP contribution >= 0.6 is 22.9 Å². The van der Waals surface area contributed by atoms with E-state index >= 15 is 0 Å². The largest absolute Gasteiger partial charge is 0.396 e. The number of fused-ring (bicyclic) bond motifs is 1. The van der Waals surface area contributed by atoms with Crippen molar-refractivity contribution >= 4 is 22.9 Å². The summed E-state index contributed by atoms with van der Waals surface area (Å²) < 4.78 is 2.32. The Kier molecular flexibility index (Phi) is 1.46. The summed E-state index contributed by atoms with van der Waals surface area (Å²) in [5.41, 5.74) is 0. The first-order valence-corrected chi connectivity index (χ1v) is 4.31. The Hall–Kier alpha value is 0.650. The molecule has 2 nitrogen and oxygen atoms in total. The minimum absolute atomic E-state index is 0.416. The fourth-order valence-corrected chi connectivity index (χ4v) is 2.78. The maximum Gasteiger partial charge on any atom is 0.0465 e. The summed E-state index contributed by atoms with van der Waals surface area (Å²) in [7, 11) is 0. The third-order valence-corrected chi connectivity index (χ3v) is 3.33. The summed E-state index contributed by atoms with van der Waals surface area (Å²) in [5.74, 6) is 2.34. The van der Waals surface area contributed by atoms with Crippen LogP contribution in [0.25, 0.3) is 0 Å². The quantitative estimate of drug-likeness (QED) is 0.532. The van der Waals surface area contributed by atoms with E-state index in [4.69, 9.17) is 5.11 Å². The van der Waals surface area contributed by atoms with Gasteiger partial charge in [0.2, 0.25) is 0 Å². The smallest absolute Gasteiger partial charge is 0.0465 e. The van der Waals surface area contributed by atoms with Crippen LogP contribution in [0.4, 0.5) is 0 Å². The van der Waals surface area contributed by atoms with E-state index in [1.54, 1.807) is 0 Å². The molecule has 52 valence electrons. The van der Waals surface area contributed by atoms with E-state index in [2.05, 4.69) is 26.0 Å². The molecular weight excluding hydrogens is 229 g/mol. The first-order chi connectivity index (χ1) is 4.33. The van der Waals surface area contributed by atoms with Crippen LogP contribution in [0.3, 0.4) is 0 Å². The molecule has 1 N–H and O–H groups in total. The number of aliphatic hydroxyl groups excluding tert-OH is 1. The van der Waals surface area contributed by atoms with Crippen LogP contribution < -0.4 is 0 Å². The van der Waals surface area contributed by atoms with Gasteiger partial charge in [0.05, 0.1) is 0 Å². The molecule has 1 saturated carbocycles. The van der Waals surface area contributed by atoms with Crippen molar-refractivity contribution in [3.8, 4) is 0 Å². The van der Waals surface area contributed by atoms with Crippen molar-refractivity contribution in [1.29, 1.82) is 0 Å². The van der Waals surface area contributed by atoms with Crippen LogP contribution in [0.5, 0.6) is 0 Å². The molecule has 0 amide bonds. The standard InChI is InChI=1S/C6H10INO/c7-8-1-4-5(2-8)6(4)3-9/h4-6,9H,1-3H2. The Morgan fingerprint density at radius 3 is 2.44 bits per heavy atom. The molecule has 2 rings (SSSR count). The lowest BCUT2D eigenvalue weighted by Crippen LogP contribution is -2.13. The molecule has 1 heterocycles. The van der Waals surface area contributed by atoms with Gasteiger partial charge in [0.1, 0.15) is 0 Å². The Bertz CT molecular complexity index is 118. The van der Waals surface area contributed by atoms with E-state index < -0.39 is 0 Å². The molecule has 0 aromatic heterocycles. The van der Waals surface area contributed by atoms with Crippen molar-refractivity contribution in [1.82, 2.24) is 3.11 Å². The van der Waals surface area contributed by atoms with Crippen LogP contribution in [-0.4, -0.2) is 27.9 Å². The van der Waals surface area contributed by atoms with Crippen molar-refractivity contribution in [2.75, 3.05) is 19.7 Å². The summed E-state index contributed by atoms with van der Waals surface area (Å²) in [6.45, 7) is 2.83. The van der Waals surface area contributed by atoms with Crippen LogP contribution in [0.2, 0.25) is 0 Å². The lowest BCUT2D eigenvalue weighted by Gasteiger charge is -2.08. The second-order valence-electron chi connectivity index (χ2n) is 3.00. The Morgan fingerprint density at radius 2 is 2.00 bits per heavy atom. The highest BCUT2D eigenvalue weighted by Crippen LogP contribution is 2.51. The molecular formula is C6H10INO. The van der Waals surface area contributed by atoms with Gasteiger partial charge in [-0.1, -0.05) is 0 Å². The zero-order chi connectivity index (χ0) is 6.43. The molecule has 1 saturated heterocycles. The van der Waals surface area contributed by atoms with Crippen LogP contribution in [-0.2, 0) is 0 Å². The molecule has 2 atom stereocenters. The topological polar surface area (TPSA) is 23.5 Å². The molecule has 2 aliphatic rings. The highest BCUT2D eigenvalue weighted by Gasteiger charge is 2.54. The predicted molar refractivity (Wildman–Crippen MR) is 43.1 cm³/mol. The van der Waals surface area contributed by atoms with Crippen molar-refractivity contribution in [2.24, 2.45) is 17.8 Å². The van der Waals surface area contributed by atoms with E-state index in [-0.39, 0.29) is 0 Å². The van der Waals surface area contributed by atoms with Gasteiger partial charge in [0.25, 0.3) is 0 Å². The van der Waals surface area contributed by atoms with Crippen LogP contribution in [0, 0.1) is 17.8 Å². The number of halogens is 1.